The summed E-state index contributed by atoms with van der Waals surface area (Å²) < 4.78 is 6.10. The molecule has 0 unspecified atom stereocenters. The number of phenolic OH excluding ortho intramolecular Hbond substituents is 1. The van der Waals surface area contributed by atoms with Crippen molar-refractivity contribution in [3.63, 3.8) is 0 Å². The Hall–Kier alpha value is -1.89. The van der Waals surface area contributed by atoms with Crippen LogP contribution in [-0.2, 0) is 6.42 Å². The van der Waals surface area contributed by atoms with Crippen molar-refractivity contribution < 1.29 is 9.63 Å². The van der Waals surface area contributed by atoms with E-state index in [1.165, 1.54) is 5.56 Å². The molecule has 0 saturated heterocycles. The minimum absolute atomic E-state index is 0.250. The summed E-state index contributed by atoms with van der Waals surface area (Å²) in [7, 11) is 0. The van der Waals surface area contributed by atoms with Crippen LogP contribution < -0.4 is 0 Å². The van der Waals surface area contributed by atoms with Crippen LogP contribution >= 0.6 is 22.6 Å². The van der Waals surface area contributed by atoms with Crippen LogP contribution in [0.5, 0.6) is 5.75 Å². The highest BCUT2D eigenvalue weighted by atomic mass is 127. The second kappa shape index (κ2) is 6.48. The van der Waals surface area contributed by atoms with Gasteiger partial charge in [0.05, 0.1) is 3.57 Å². The Balaban J connectivity index is 1.88. The maximum Gasteiger partial charge on any atom is 0.258 e. The number of aryl methyl sites for hydroxylation is 1. The standard InChI is InChI=1S/C17H15IN2O2/c1-2-3-11-4-6-12(7-5-11)17-19-16(20-22-17)13-8-9-15(21)14(18)10-13/h4-10,21H,2-3H2,1H3. The lowest BCUT2D eigenvalue weighted by atomic mass is 10.1. The van der Waals surface area contributed by atoms with Gasteiger partial charge in [-0.25, -0.2) is 0 Å². The zero-order valence-electron chi connectivity index (χ0n) is 12.1. The molecule has 1 heterocycles. The van der Waals surface area contributed by atoms with Crippen LogP contribution in [0.2, 0.25) is 0 Å². The molecule has 3 aromatic rings. The van der Waals surface area contributed by atoms with Crippen LogP contribution in [0.25, 0.3) is 22.8 Å². The fourth-order valence-electron chi connectivity index (χ4n) is 2.21. The van der Waals surface area contributed by atoms with E-state index in [9.17, 15) is 5.11 Å². The molecule has 0 amide bonds. The number of rotatable bonds is 4. The summed E-state index contributed by atoms with van der Waals surface area (Å²) in [6.07, 6.45) is 2.20. The van der Waals surface area contributed by atoms with Crippen LogP contribution in [-0.4, -0.2) is 15.2 Å². The molecule has 0 atom stereocenters. The minimum atomic E-state index is 0.250. The summed E-state index contributed by atoms with van der Waals surface area (Å²) in [6, 6.07) is 13.4. The van der Waals surface area contributed by atoms with Crippen molar-refractivity contribution in [3.05, 3.63) is 51.6 Å². The van der Waals surface area contributed by atoms with Crippen LogP contribution in [0.15, 0.2) is 47.0 Å². The predicted octanol–water partition coefficient (Wildman–Crippen LogP) is 4.67. The molecule has 0 bridgehead atoms. The summed E-state index contributed by atoms with van der Waals surface area (Å²) in [5.74, 6) is 1.27. The van der Waals surface area contributed by atoms with Crippen molar-refractivity contribution in [2.45, 2.75) is 19.8 Å². The monoisotopic (exact) mass is 406 g/mol. The van der Waals surface area contributed by atoms with Gasteiger partial charge in [-0.2, -0.15) is 4.98 Å². The van der Waals surface area contributed by atoms with Gasteiger partial charge in [0.25, 0.3) is 5.89 Å². The van der Waals surface area contributed by atoms with E-state index in [1.807, 2.05) is 18.2 Å². The van der Waals surface area contributed by atoms with Crippen molar-refractivity contribution in [2.24, 2.45) is 0 Å². The van der Waals surface area contributed by atoms with E-state index in [1.54, 1.807) is 12.1 Å². The molecule has 0 fully saturated rings. The highest BCUT2D eigenvalue weighted by Gasteiger charge is 2.11. The van der Waals surface area contributed by atoms with E-state index in [4.69, 9.17) is 4.52 Å². The quantitative estimate of drug-likeness (QED) is 0.640. The van der Waals surface area contributed by atoms with Crippen LogP contribution in [0.1, 0.15) is 18.9 Å². The van der Waals surface area contributed by atoms with Crippen molar-refractivity contribution >= 4 is 22.6 Å². The molecule has 22 heavy (non-hydrogen) atoms. The van der Waals surface area contributed by atoms with Gasteiger partial charge < -0.3 is 9.63 Å². The molecule has 5 heteroatoms. The zero-order chi connectivity index (χ0) is 15.5. The van der Waals surface area contributed by atoms with E-state index in [0.29, 0.717) is 11.7 Å². The molecule has 4 nitrogen and oxygen atoms in total. The Kier molecular flexibility index (Phi) is 4.42. The maximum absolute atomic E-state index is 9.57. The molecule has 0 saturated carbocycles. The fraction of sp³-hybridized carbons (Fsp3) is 0.176. The summed E-state index contributed by atoms with van der Waals surface area (Å²) in [4.78, 5) is 4.43. The number of aromatic hydroxyl groups is 1. The molecule has 1 N–H and O–H groups in total. The average molecular weight is 406 g/mol. The zero-order valence-corrected chi connectivity index (χ0v) is 14.2. The molecular formula is C17H15IN2O2. The first kappa shape index (κ1) is 15.0. The lowest BCUT2D eigenvalue weighted by Crippen LogP contribution is -1.85. The smallest absolute Gasteiger partial charge is 0.258 e. The minimum Gasteiger partial charge on any atom is -0.507 e. The van der Waals surface area contributed by atoms with Crippen LogP contribution in [0.4, 0.5) is 0 Å². The van der Waals surface area contributed by atoms with E-state index in [-0.39, 0.29) is 5.75 Å². The SMILES string of the molecule is CCCc1ccc(-c2nc(-c3ccc(O)c(I)c3)no2)cc1. The average Bonchev–Trinajstić information content (AvgIpc) is 3.01. The molecule has 2 aromatic carbocycles. The maximum atomic E-state index is 9.57. The van der Waals surface area contributed by atoms with Gasteiger partial charge in [-0.15, -0.1) is 0 Å². The molecule has 112 valence electrons. The van der Waals surface area contributed by atoms with Crippen molar-refractivity contribution in [1.82, 2.24) is 10.1 Å². The number of phenols is 1. The number of benzene rings is 2. The number of nitrogens with zero attached hydrogens (tertiary/aromatic N) is 2. The van der Waals surface area contributed by atoms with E-state index in [0.717, 1.165) is 27.5 Å². The van der Waals surface area contributed by atoms with E-state index >= 15 is 0 Å². The van der Waals surface area contributed by atoms with Gasteiger partial charge in [0.2, 0.25) is 5.82 Å². The van der Waals surface area contributed by atoms with Gasteiger partial charge in [0, 0.05) is 11.1 Å². The normalized spacial score (nSPS) is 10.8. The summed E-state index contributed by atoms with van der Waals surface area (Å²) in [6.45, 7) is 2.16. The third-order valence-electron chi connectivity index (χ3n) is 3.37. The number of aromatic nitrogens is 2. The van der Waals surface area contributed by atoms with Crippen molar-refractivity contribution in [3.8, 4) is 28.6 Å². The number of hydrogen-bond donors (Lipinski definition) is 1. The first-order valence-corrected chi connectivity index (χ1v) is 8.17. The Labute approximate surface area is 142 Å². The Morgan fingerprint density at radius 3 is 2.50 bits per heavy atom. The van der Waals surface area contributed by atoms with Gasteiger partial charge in [-0.1, -0.05) is 30.6 Å². The first-order valence-electron chi connectivity index (χ1n) is 7.09. The summed E-state index contributed by atoms with van der Waals surface area (Å²) >= 11 is 2.07. The molecule has 0 aliphatic heterocycles. The van der Waals surface area contributed by atoms with Gasteiger partial charge in [0.1, 0.15) is 5.75 Å². The van der Waals surface area contributed by atoms with E-state index in [2.05, 4.69) is 51.8 Å². The van der Waals surface area contributed by atoms with Crippen LogP contribution in [0, 0.1) is 3.57 Å². The Bertz CT molecular complexity index is 782. The molecule has 0 radical (unpaired) electrons. The summed E-state index contributed by atoms with van der Waals surface area (Å²) in [5.41, 5.74) is 3.03. The van der Waals surface area contributed by atoms with Crippen molar-refractivity contribution in [1.29, 1.82) is 0 Å². The third kappa shape index (κ3) is 3.14. The Morgan fingerprint density at radius 1 is 1.09 bits per heavy atom. The first-order chi connectivity index (χ1) is 10.7. The molecule has 1 aromatic heterocycles. The molecule has 0 aliphatic carbocycles. The van der Waals surface area contributed by atoms with Gasteiger partial charge in [0.15, 0.2) is 0 Å². The molecular weight excluding hydrogens is 391 g/mol. The lowest BCUT2D eigenvalue weighted by Gasteiger charge is -1.99. The van der Waals surface area contributed by atoms with Crippen LogP contribution in [0.3, 0.4) is 0 Å². The third-order valence-corrected chi connectivity index (χ3v) is 4.24. The van der Waals surface area contributed by atoms with Gasteiger partial charge >= 0.3 is 0 Å². The highest BCUT2D eigenvalue weighted by Crippen LogP contribution is 2.27. The number of halogens is 1. The van der Waals surface area contributed by atoms with Gasteiger partial charge in [-0.3, -0.25) is 0 Å². The largest absolute Gasteiger partial charge is 0.507 e. The second-order valence-corrected chi connectivity index (χ2v) is 6.20. The molecule has 3 rings (SSSR count). The lowest BCUT2D eigenvalue weighted by molar-refractivity contribution is 0.432. The fourth-order valence-corrected chi connectivity index (χ4v) is 2.72. The molecule has 0 aliphatic rings. The van der Waals surface area contributed by atoms with E-state index < -0.39 is 0 Å². The summed E-state index contributed by atoms with van der Waals surface area (Å²) in [5, 5.41) is 13.6. The topological polar surface area (TPSA) is 59.2 Å². The number of hydrogen-bond acceptors (Lipinski definition) is 4. The molecule has 0 spiro atoms. The second-order valence-electron chi connectivity index (χ2n) is 5.04. The Morgan fingerprint density at radius 2 is 1.82 bits per heavy atom. The van der Waals surface area contributed by atoms with Crippen molar-refractivity contribution in [2.75, 3.05) is 0 Å². The highest BCUT2D eigenvalue weighted by molar-refractivity contribution is 14.1. The van der Waals surface area contributed by atoms with Gasteiger partial charge in [-0.05, 0) is 64.9 Å². The predicted molar refractivity (Wildman–Crippen MR) is 93.5 cm³/mol.